The summed E-state index contributed by atoms with van der Waals surface area (Å²) in [6.45, 7) is 14.0. The molecule has 3 heteroatoms. The summed E-state index contributed by atoms with van der Waals surface area (Å²) in [4.78, 5) is 11.6. The van der Waals surface area contributed by atoms with Gasteiger partial charge in [-0.05, 0) is 84.9 Å². The minimum atomic E-state index is -0.144. The summed E-state index contributed by atoms with van der Waals surface area (Å²) < 4.78 is 11.9. The molecule has 0 radical (unpaired) electrons. The van der Waals surface area contributed by atoms with Crippen LogP contribution in [0.15, 0.2) is 11.6 Å². The van der Waals surface area contributed by atoms with Crippen molar-refractivity contribution < 1.29 is 14.3 Å². The third kappa shape index (κ3) is 4.57. The largest absolute Gasteiger partial charge is 0.462 e. The van der Waals surface area contributed by atoms with Crippen LogP contribution in [0.3, 0.4) is 0 Å². The normalized spacial score (nSPS) is 43.3. The van der Waals surface area contributed by atoms with Gasteiger partial charge in [-0.25, -0.2) is 0 Å². The lowest BCUT2D eigenvalue weighted by atomic mass is 9.46. The standard InChI is InChI=1S/C30H50O3/c1-19(2)9-8-10-20(3)24-11-12-25-28-26(14-16-30(24,25)6)29(5)15-13-23(33-21(4)31)17-22(29)18-27(28)32-7/h18-20,23-28H,8-17H2,1-7H3/t20-,23+,24-,25+,26+,27-,28+,29+,30-/m1/s1. The maximum absolute atomic E-state index is 11.6. The third-order valence-electron chi connectivity index (χ3n) is 10.9. The van der Waals surface area contributed by atoms with E-state index in [0.717, 1.165) is 42.9 Å². The van der Waals surface area contributed by atoms with Gasteiger partial charge >= 0.3 is 5.97 Å². The van der Waals surface area contributed by atoms with Gasteiger partial charge in [-0.3, -0.25) is 4.79 Å². The van der Waals surface area contributed by atoms with E-state index in [1.165, 1.54) is 50.5 Å². The SMILES string of the molecule is CO[C@@H]1C=C2C[C@@H](OC(C)=O)CC[C@]2(C)[C@H]2CC[C@]3(C)[C@@H]([C@H](C)CCCC(C)C)CC[C@H]3[C@H]12. The van der Waals surface area contributed by atoms with Gasteiger partial charge in [-0.2, -0.15) is 0 Å². The molecule has 33 heavy (non-hydrogen) atoms. The molecule has 0 spiro atoms. The molecule has 4 rings (SSSR count). The number of carbonyl (C=O) groups excluding carboxylic acids is 1. The van der Waals surface area contributed by atoms with Gasteiger partial charge in [0.1, 0.15) is 6.10 Å². The summed E-state index contributed by atoms with van der Waals surface area (Å²) in [6, 6.07) is 0. The zero-order valence-electron chi connectivity index (χ0n) is 22.5. The predicted molar refractivity (Wildman–Crippen MR) is 135 cm³/mol. The van der Waals surface area contributed by atoms with Crippen LogP contribution in [0.5, 0.6) is 0 Å². The van der Waals surface area contributed by atoms with E-state index in [-0.39, 0.29) is 23.6 Å². The van der Waals surface area contributed by atoms with Crippen LogP contribution < -0.4 is 0 Å². The molecule has 4 aliphatic carbocycles. The van der Waals surface area contributed by atoms with Crippen LogP contribution in [-0.4, -0.2) is 25.3 Å². The number of hydrogen-bond donors (Lipinski definition) is 0. The van der Waals surface area contributed by atoms with Crippen molar-refractivity contribution in [1.82, 2.24) is 0 Å². The van der Waals surface area contributed by atoms with E-state index in [2.05, 4.69) is 40.7 Å². The fraction of sp³-hybridized carbons (Fsp3) is 0.900. The van der Waals surface area contributed by atoms with Gasteiger partial charge in [0.05, 0.1) is 6.10 Å². The van der Waals surface area contributed by atoms with Gasteiger partial charge in [-0.1, -0.05) is 65.5 Å². The molecule has 0 amide bonds. The van der Waals surface area contributed by atoms with Crippen molar-refractivity contribution in [3.8, 4) is 0 Å². The van der Waals surface area contributed by atoms with Crippen molar-refractivity contribution in [1.29, 1.82) is 0 Å². The topological polar surface area (TPSA) is 35.5 Å². The molecule has 0 aromatic carbocycles. The average Bonchev–Trinajstić information content (AvgIpc) is 3.10. The molecule has 3 fully saturated rings. The number of methoxy groups -OCH3 is 1. The van der Waals surface area contributed by atoms with Gasteiger partial charge < -0.3 is 9.47 Å². The molecule has 0 aromatic heterocycles. The average molecular weight is 459 g/mol. The Morgan fingerprint density at radius 1 is 1.06 bits per heavy atom. The lowest BCUT2D eigenvalue weighted by Crippen LogP contribution is -2.55. The summed E-state index contributed by atoms with van der Waals surface area (Å²) in [5, 5.41) is 0. The molecule has 0 bridgehead atoms. The number of rotatable bonds is 7. The molecule has 4 aliphatic rings. The molecule has 3 nitrogen and oxygen atoms in total. The van der Waals surface area contributed by atoms with Crippen molar-refractivity contribution in [2.45, 2.75) is 118 Å². The fourth-order valence-electron chi connectivity index (χ4n) is 9.17. The minimum absolute atomic E-state index is 0.0484. The molecular formula is C30H50O3. The van der Waals surface area contributed by atoms with E-state index in [9.17, 15) is 4.79 Å². The Balaban J connectivity index is 1.55. The van der Waals surface area contributed by atoms with Crippen LogP contribution in [0.4, 0.5) is 0 Å². The lowest BCUT2D eigenvalue weighted by molar-refractivity contribution is -0.149. The summed E-state index contributed by atoms with van der Waals surface area (Å²) >= 11 is 0. The second-order valence-electron chi connectivity index (χ2n) is 13.1. The van der Waals surface area contributed by atoms with Crippen molar-refractivity contribution >= 4 is 5.97 Å². The monoisotopic (exact) mass is 458 g/mol. The molecule has 0 aliphatic heterocycles. The number of hydrogen-bond acceptors (Lipinski definition) is 3. The Labute approximate surface area is 203 Å². The highest BCUT2D eigenvalue weighted by molar-refractivity contribution is 5.66. The molecule has 0 unspecified atom stereocenters. The van der Waals surface area contributed by atoms with E-state index in [4.69, 9.17) is 9.47 Å². The number of ether oxygens (including phenoxy) is 2. The van der Waals surface area contributed by atoms with Gasteiger partial charge in [0.15, 0.2) is 0 Å². The molecule has 0 N–H and O–H groups in total. The summed E-state index contributed by atoms with van der Waals surface area (Å²) in [7, 11) is 1.92. The third-order valence-corrected chi connectivity index (χ3v) is 10.9. The highest BCUT2D eigenvalue weighted by Crippen LogP contribution is 2.67. The van der Waals surface area contributed by atoms with Gasteiger partial charge in [0.2, 0.25) is 0 Å². The van der Waals surface area contributed by atoms with Crippen LogP contribution in [0.2, 0.25) is 0 Å². The maximum Gasteiger partial charge on any atom is 0.302 e. The van der Waals surface area contributed by atoms with E-state index in [0.29, 0.717) is 17.3 Å². The van der Waals surface area contributed by atoms with Crippen LogP contribution in [0, 0.1) is 46.3 Å². The number of esters is 1. The Morgan fingerprint density at radius 2 is 1.82 bits per heavy atom. The van der Waals surface area contributed by atoms with Gasteiger partial charge in [0, 0.05) is 20.5 Å². The summed E-state index contributed by atoms with van der Waals surface area (Å²) in [5.41, 5.74) is 2.22. The second-order valence-corrected chi connectivity index (χ2v) is 13.1. The first-order valence-corrected chi connectivity index (χ1v) is 14.0. The quantitative estimate of drug-likeness (QED) is 0.291. The first-order valence-electron chi connectivity index (χ1n) is 14.0. The van der Waals surface area contributed by atoms with Crippen molar-refractivity contribution in [2.75, 3.05) is 7.11 Å². The molecule has 0 saturated heterocycles. The summed E-state index contributed by atoms with van der Waals surface area (Å²) in [6.07, 6.45) is 15.4. The number of carbonyl (C=O) groups is 1. The molecule has 0 heterocycles. The first-order chi connectivity index (χ1) is 15.6. The molecule has 0 aromatic rings. The Hall–Kier alpha value is -0.830. The highest BCUT2D eigenvalue weighted by atomic mass is 16.5. The Morgan fingerprint density at radius 3 is 2.48 bits per heavy atom. The van der Waals surface area contributed by atoms with Gasteiger partial charge in [-0.15, -0.1) is 0 Å². The minimum Gasteiger partial charge on any atom is -0.462 e. The van der Waals surface area contributed by atoms with Crippen LogP contribution in [0.1, 0.15) is 106 Å². The first kappa shape index (κ1) is 25.3. The Bertz CT molecular complexity index is 741. The Kier molecular flexibility index (Phi) is 7.40. The smallest absolute Gasteiger partial charge is 0.302 e. The predicted octanol–water partition coefficient (Wildman–Crippen LogP) is 7.58. The van der Waals surface area contributed by atoms with Crippen LogP contribution in [-0.2, 0) is 14.3 Å². The van der Waals surface area contributed by atoms with E-state index in [1.807, 2.05) is 7.11 Å². The lowest BCUT2D eigenvalue weighted by Gasteiger charge is -2.60. The maximum atomic E-state index is 11.6. The summed E-state index contributed by atoms with van der Waals surface area (Å²) in [5.74, 6) is 4.50. The zero-order valence-corrected chi connectivity index (χ0v) is 22.5. The van der Waals surface area contributed by atoms with Crippen molar-refractivity contribution in [2.24, 2.45) is 46.3 Å². The van der Waals surface area contributed by atoms with Crippen LogP contribution in [0.25, 0.3) is 0 Å². The zero-order chi connectivity index (χ0) is 24.0. The van der Waals surface area contributed by atoms with E-state index in [1.54, 1.807) is 6.92 Å². The molecular weight excluding hydrogens is 408 g/mol. The molecule has 9 atom stereocenters. The second kappa shape index (κ2) is 9.67. The highest BCUT2D eigenvalue weighted by Gasteiger charge is 2.61. The van der Waals surface area contributed by atoms with Gasteiger partial charge in [0.25, 0.3) is 0 Å². The van der Waals surface area contributed by atoms with E-state index >= 15 is 0 Å². The van der Waals surface area contributed by atoms with Crippen molar-refractivity contribution in [3.63, 3.8) is 0 Å². The fourth-order valence-corrected chi connectivity index (χ4v) is 9.17. The number of fused-ring (bicyclic) bond motifs is 5. The molecule has 188 valence electrons. The molecule has 3 saturated carbocycles. The van der Waals surface area contributed by atoms with Crippen molar-refractivity contribution in [3.05, 3.63) is 11.6 Å². The van der Waals surface area contributed by atoms with Crippen LogP contribution >= 0.6 is 0 Å². The van der Waals surface area contributed by atoms with E-state index < -0.39 is 0 Å².